The van der Waals surface area contributed by atoms with Gasteiger partial charge in [0.05, 0.1) is 0 Å². The van der Waals surface area contributed by atoms with Gasteiger partial charge in [-0.05, 0) is 0 Å². The molecule has 0 unspecified atom stereocenters. The number of halogens is 1. The fourth-order valence-electron chi connectivity index (χ4n) is 0.898. The Kier molecular flexibility index (Phi) is 12.3. The van der Waals surface area contributed by atoms with Crippen LogP contribution in [0.1, 0.15) is 32.1 Å². The molecule has 1 aliphatic rings. The molecule has 1 rings (SSSR count). The first-order valence-corrected chi connectivity index (χ1v) is 2.82. The van der Waals surface area contributed by atoms with Gasteiger partial charge in [-0.15, -0.1) is 0 Å². The van der Waals surface area contributed by atoms with Crippen molar-refractivity contribution in [2.75, 3.05) is 0 Å². The molecule has 0 bridgehead atoms. The van der Waals surface area contributed by atoms with Gasteiger partial charge in [0.1, 0.15) is 0 Å². The molecule has 0 heterocycles. The molecule has 44 valence electrons. The average Bonchev–Trinajstić information content (AvgIpc) is 1.72. The van der Waals surface area contributed by atoms with Crippen LogP contribution in [0.2, 0.25) is 0 Å². The first-order chi connectivity index (χ1) is 3.00. The molecule has 0 aromatic rings. The quantitative estimate of drug-likeness (QED) is 0.329. The van der Waals surface area contributed by atoms with Crippen LogP contribution in [0.15, 0.2) is 0 Å². The predicted molar refractivity (Wildman–Crippen MR) is 33.1 cm³/mol. The standard InChI is InChI=1S/C6H11.BrH.Mg/c1-2-4-6-5-3-1;;/h1H,2-6H2;1H;/q-1;;+2/p-1. The smallest absolute Gasteiger partial charge is 1.00 e. The van der Waals surface area contributed by atoms with E-state index in [1.807, 2.05) is 0 Å². The van der Waals surface area contributed by atoms with Crippen molar-refractivity contribution in [1.82, 2.24) is 0 Å². The van der Waals surface area contributed by atoms with Crippen molar-refractivity contribution in [3.8, 4) is 0 Å². The summed E-state index contributed by atoms with van der Waals surface area (Å²) in [5.41, 5.74) is 0. The predicted octanol–water partition coefficient (Wildman–Crippen LogP) is -1.22. The van der Waals surface area contributed by atoms with Crippen molar-refractivity contribution in [1.29, 1.82) is 0 Å². The summed E-state index contributed by atoms with van der Waals surface area (Å²) < 4.78 is 0. The summed E-state index contributed by atoms with van der Waals surface area (Å²) in [6.07, 6.45) is 9.50. The van der Waals surface area contributed by atoms with Crippen LogP contribution < -0.4 is 17.0 Å². The van der Waals surface area contributed by atoms with E-state index in [1.165, 1.54) is 32.1 Å². The Morgan fingerprint density at radius 1 is 0.875 bits per heavy atom. The maximum Gasteiger partial charge on any atom is 2.00 e. The normalized spacial score (nSPS) is 18.0. The van der Waals surface area contributed by atoms with Gasteiger partial charge in [0, 0.05) is 0 Å². The van der Waals surface area contributed by atoms with Crippen LogP contribution in [0.3, 0.4) is 0 Å². The van der Waals surface area contributed by atoms with Crippen molar-refractivity contribution in [3.63, 3.8) is 0 Å². The molecule has 0 aliphatic heterocycles. The Morgan fingerprint density at radius 3 is 1.50 bits per heavy atom. The number of hydrogen-bond acceptors (Lipinski definition) is 0. The molecule has 1 fully saturated rings. The molecule has 0 saturated heterocycles. The van der Waals surface area contributed by atoms with Gasteiger partial charge in [0.2, 0.25) is 0 Å². The van der Waals surface area contributed by atoms with Gasteiger partial charge in [0.15, 0.2) is 0 Å². The monoisotopic (exact) mass is 186 g/mol. The maximum absolute atomic E-state index is 2.39. The Morgan fingerprint density at radius 2 is 1.38 bits per heavy atom. The maximum atomic E-state index is 2.39. The van der Waals surface area contributed by atoms with Crippen molar-refractivity contribution in [2.45, 2.75) is 32.1 Å². The Hall–Kier alpha value is 1.25. The fraction of sp³-hybridized carbons (Fsp3) is 0.833. The van der Waals surface area contributed by atoms with E-state index in [0.717, 1.165) is 0 Å². The summed E-state index contributed by atoms with van der Waals surface area (Å²) in [6, 6.07) is 0. The zero-order valence-electron chi connectivity index (χ0n) is 5.20. The van der Waals surface area contributed by atoms with E-state index in [0.29, 0.717) is 0 Å². The van der Waals surface area contributed by atoms with Crippen LogP contribution in [0, 0.1) is 6.42 Å². The minimum Gasteiger partial charge on any atom is -1.00 e. The minimum atomic E-state index is 0. The summed E-state index contributed by atoms with van der Waals surface area (Å²) in [7, 11) is 0. The van der Waals surface area contributed by atoms with E-state index in [1.54, 1.807) is 0 Å². The Bertz CT molecular complexity index is 24.0. The van der Waals surface area contributed by atoms with Gasteiger partial charge in [-0.1, -0.05) is 19.3 Å². The largest absolute Gasteiger partial charge is 2.00 e. The van der Waals surface area contributed by atoms with Crippen LogP contribution in [0.25, 0.3) is 0 Å². The third-order valence-electron chi connectivity index (χ3n) is 1.32. The van der Waals surface area contributed by atoms with E-state index >= 15 is 0 Å². The summed E-state index contributed by atoms with van der Waals surface area (Å²) >= 11 is 0. The summed E-state index contributed by atoms with van der Waals surface area (Å²) in [6.45, 7) is 0. The molecule has 0 atom stereocenters. The first-order valence-electron chi connectivity index (χ1n) is 2.82. The summed E-state index contributed by atoms with van der Waals surface area (Å²) in [4.78, 5) is 0. The van der Waals surface area contributed by atoms with Crippen LogP contribution in [0.5, 0.6) is 0 Å². The SMILES string of the molecule is [Br-].[CH-]1CCCCC1.[Mg+2]. The fourth-order valence-corrected chi connectivity index (χ4v) is 0.898. The molecule has 8 heavy (non-hydrogen) atoms. The van der Waals surface area contributed by atoms with Crippen molar-refractivity contribution in [3.05, 3.63) is 6.42 Å². The molecule has 1 aliphatic carbocycles. The zero-order valence-corrected chi connectivity index (χ0v) is 8.20. The van der Waals surface area contributed by atoms with Gasteiger partial charge in [-0.2, -0.15) is 12.8 Å². The molecular weight excluding hydrogens is 176 g/mol. The van der Waals surface area contributed by atoms with E-state index < -0.39 is 0 Å². The molecule has 1 saturated carbocycles. The van der Waals surface area contributed by atoms with Gasteiger partial charge >= 0.3 is 23.1 Å². The molecule has 2 heteroatoms. The zero-order chi connectivity index (χ0) is 4.24. The number of hydrogen-bond donors (Lipinski definition) is 0. The third kappa shape index (κ3) is 5.38. The molecule has 0 radical (unpaired) electrons. The van der Waals surface area contributed by atoms with Crippen molar-refractivity contribution < 1.29 is 17.0 Å². The topological polar surface area (TPSA) is 0 Å². The summed E-state index contributed by atoms with van der Waals surface area (Å²) in [5, 5.41) is 0. The third-order valence-corrected chi connectivity index (χ3v) is 1.32. The minimum absolute atomic E-state index is 0. The Balaban J connectivity index is 0. The van der Waals surface area contributed by atoms with E-state index in [-0.39, 0.29) is 40.0 Å². The van der Waals surface area contributed by atoms with Gasteiger partial charge in [-0.25, -0.2) is 0 Å². The van der Waals surface area contributed by atoms with Crippen LogP contribution in [-0.2, 0) is 0 Å². The van der Waals surface area contributed by atoms with Crippen LogP contribution in [0.4, 0.5) is 0 Å². The second kappa shape index (κ2) is 8.25. The molecular formula is C6H11BrMg. The van der Waals surface area contributed by atoms with Gasteiger partial charge < -0.3 is 23.4 Å². The average molecular weight is 187 g/mol. The Labute approximate surface area is 78.3 Å². The van der Waals surface area contributed by atoms with Crippen molar-refractivity contribution >= 4 is 23.1 Å². The van der Waals surface area contributed by atoms with Crippen LogP contribution in [-0.4, -0.2) is 23.1 Å². The van der Waals surface area contributed by atoms with E-state index in [9.17, 15) is 0 Å². The molecule has 0 spiro atoms. The number of rotatable bonds is 0. The van der Waals surface area contributed by atoms with Crippen molar-refractivity contribution in [2.24, 2.45) is 0 Å². The second-order valence-corrected chi connectivity index (χ2v) is 1.93. The van der Waals surface area contributed by atoms with Gasteiger partial charge in [-0.3, -0.25) is 0 Å². The van der Waals surface area contributed by atoms with E-state index in [4.69, 9.17) is 0 Å². The summed E-state index contributed by atoms with van der Waals surface area (Å²) in [5.74, 6) is 0. The van der Waals surface area contributed by atoms with Crippen LogP contribution >= 0.6 is 0 Å². The first kappa shape index (κ1) is 12.0. The molecule has 0 nitrogen and oxygen atoms in total. The molecule has 0 N–H and O–H groups in total. The van der Waals surface area contributed by atoms with Gasteiger partial charge in [0.25, 0.3) is 0 Å². The van der Waals surface area contributed by atoms with E-state index in [2.05, 4.69) is 6.42 Å². The second-order valence-electron chi connectivity index (χ2n) is 1.93. The molecule has 0 aromatic carbocycles. The molecule has 0 aromatic heterocycles. The molecule has 0 amide bonds.